The van der Waals surface area contributed by atoms with Crippen LogP contribution < -0.4 is 10.6 Å². The number of nitro groups is 1. The number of carbonyl (C=O) groups excluding carboxylic acids is 2. The molecule has 0 aliphatic heterocycles. The van der Waals surface area contributed by atoms with E-state index < -0.39 is 22.6 Å². The van der Waals surface area contributed by atoms with Crippen LogP contribution in [0.4, 0.5) is 21.5 Å². The number of hydrogen-bond acceptors (Lipinski definition) is 5. The number of halogens is 1. The van der Waals surface area contributed by atoms with E-state index in [1.165, 1.54) is 42.6 Å². The van der Waals surface area contributed by atoms with Crippen LogP contribution in [0.5, 0.6) is 0 Å². The Morgan fingerprint density at radius 3 is 2.57 bits per heavy atom. The molecule has 0 aliphatic rings. The SMILES string of the molecule is O=C(C=Cc1cccc([N+](=O)[O-])c1)Nc1cc(F)ccc1NC(=O)c1ccccn1. The molecule has 0 aliphatic carbocycles. The number of nitrogens with one attached hydrogen (secondary N) is 2. The van der Waals surface area contributed by atoms with Crippen molar-refractivity contribution in [2.75, 3.05) is 10.6 Å². The fourth-order valence-corrected chi connectivity index (χ4v) is 2.50. The molecule has 0 fully saturated rings. The maximum absolute atomic E-state index is 13.7. The van der Waals surface area contributed by atoms with Crippen molar-refractivity contribution in [2.24, 2.45) is 0 Å². The van der Waals surface area contributed by atoms with Crippen LogP contribution in [0, 0.1) is 15.9 Å². The fraction of sp³-hybridized carbons (Fsp3) is 0. The molecular formula is C21H15FN4O4. The minimum atomic E-state index is -0.611. The Hall–Kier alpha value is -4.40. The summed E-state index contributed by atoms with van der Waals surface area (Å²) in [5.41, 5.74) is 0.728. The van der Waals surface area contributed by atoms with E-state index in [0.717, 1.165) is 18.2 Å². The molecule has 0 atom stereocenters. The molecular weight excluding hydrogens is 391 g/mol. The molecule has 1 heterocycles. The van der Waals surface area contributed by atoms with Gasteiger partial charge in [0.05, 0.1) is 16.3 Å². The van der Waals surface area contributed by atoms with Gasteiger partial charge in [-0.1, -0.05) is 18.2 Å². The van der Waals surface area contributed by atoms with Gasteiger partial charge in [0, 0.05) is 24.4 Å². The zero-order valence-electron chi connectivity index (χ0n) is 15.4. The molecule has 2 amide bonds. The molecule has 3 aromatic rings. The van der Waals surface area contributed by atoms with E-state index >= 15 is 0 Å². The Morgan fingerprint density at radius 1 is 1.00 bits per heavy atom. The lowest BCUT2D eigenvalue weighted by Crippen LogP contribution is -2.16. The van der Waals surface area contributed by atoms with Crippen molar-refractivity contribution in [3.8, 4) is 0 Å². The van der Waals surface area contributed by atoms with Gasteiger partial charge in [-0.2, -0.15) is 0 Å². The molecule has 0 unspecified atom stereocenters. The van der Waals surface area contributed by atoms with Crippen molar-refractivity contribution < 1.29 is 18.9 Å². The minimum Gasteiger partial charge on any atom is -0.321 e. The van der Waals surface area contributed by atoms with E-state index in [4.69, 9.17) is 0 Å². The molecule has 8 nitrogen and oxygen atoms in total. The third-order valence-corrected chi connectivity index (χ3v) is 3.89. The van der Waals surface area contributed by atoms with E-state index in [9.17, 15) is 24.1 Å². The first kappa shape index (κ1) is 20.3. The summed E-state index contributed by atoms with van der Waals surface area (Å²) in [5, 5.41) is 15.9. The second kappa shape index (κ2) is 9.20. The normalized spacial score (nSPS) is 10.6. The molecule has 0 saturated carbocycles. The van der Waals surface area contributed by atoms with E-state index in [0.29, 0.717) is 5.56 Å². The van der Waals surface area contributed by atoms with Crippen LogP contribution in [0.15, 0.2) is 72.9 Å². The van der Waals surface area contributed by atoms with Gasteiger partial charge in [0.15, 0.2) is 0 Å². The molecule has 30 heavy (non-hydrogen) atoms. The zero-order chi connectivity index (χ0) is 21.5. The molecule has 2 aromatic carbocycles. The van der Waals surface area contributed by atoms with Crippen LogP contribution in [0.1, 0.15) is 16.1 Å². The lowest BCUT2D eigenvalue weighted by molar-refractivity contribution is -0.384. The molecule has 150 valence electrons. The van der Waals surface area contributed by atoms with Crippen molar-refractivity contribution in [1.29, 1.82) is 0 Å². The van der Waals surface area contributed by atoms with E-state index in [2.05, 4.69) is 15.6 Å². The Labute approximate surface area is 170 Å². The summed E-state index contributed by atoms with van der Waals surface area (Å²) in [6.07, 6.45) is 3.99. The quantitative estimate of drug-likeness (QED) is 0.364. The van der Waals surface area contributed by atoms with Crippen molar-refractivity contribution >= 4 is 35.0 Å². The van der Waals surface area contributed by atoms with Crippen LogP contribution in [0.3, 0.4) is 0 Å². The average molecular weight is 406 g/mol. The van der Waals surface area contributed by atoms with Crippen molar-refractivity contribution in [1.82, 2.24) is 4.98 Å². The molecule has 0 saturated heterocycles. The van der Waals surface area contributed by atoms with Gasteiger partial charge in [-0.25, -0.2) is 4.39 Å². The Bertz CT molecular complexity index is 1130. The summed E-state index contributed by atoms with van der Waals surface area (Å²) in [7, 11) is 0. The monoisotopic (exact) mass is 406 g/mol. The number of aromatic nitrogens is 1. The summed E-state index contributed by atoms with van der Waals surface area (Å²) < 4.78 is 13.7. The van der Waals surface area contributed by atoms with Crippen LogP contribution in [0.25, 0.3) is 6.08 Å². The van der Waals surface area contributed by atoms with Gasteiger partial charge in [0.1, 0.15) is 11.5 Å². The predicted octanol–water partition coefficient (Wildman–Crippen LogP) is 4.03. The predicted molar refractivity (Wildman–Crippen MR) is 109 cm³/mol. The first-order valence-electron chi connectivity index (χ1n) is 8.68. The Morgan fingerprint density at radius 2 is 1.83 bits per heavy atom. The number of pyridine rings is 1. The van der Waals surface area contributed by atoms with Crippen LogP contribution in [-0.2, 0) is 4.79 Å². The smallest absolute Gasteiger partial charge is 0.274 e. The Balaban J connectivity index is 1.75. The van der Waals surface area contributed by atoms with Gasteiger partial charge >= 0.3 is 0 Å². The summed E-state index contributed by atoms with van der Waals surface area (Å²) in [4.78, 5) is 38.7. The number of nitro benzene ring substituents is 1. The number of non-ortho nitro benzene ring substituents is 1. The number of hydrogen-bond donors (Lipinski definition) is 2. The van der Waals surface area contributed by atoms with Crippen molar-refractivity contribution in [3.63, 3.8) is 0 Å². The zero-order valence-corrected chi connectivity index (χ0v) is 15.4. The van der Waals surface area contributed by atoms with Gasteiger partial charge in [0.25, 0.3) is 11.6 Å². The topological polar surface area (TPSA) is 114 Å². The van der Waals surface area contributed by atoms with E-state index in [1.807, 2.05) is 0 Å². The third kappa shape index (κ3) is 5.32. The summed E-state index contributed by atoms with van der Waals surface area (Å²) in [6.45, 7) is 0. The fourth-order valence-electron chi connectivity index (χ4n) is 2.50. The highest BCUT2D eigenvalue weighted by Gasteiger charge is 2.12. The van der Waals surface area contributed by atoms with E-state index in [1.54, 1.807) is 18.2 Å². The number of rotatable bonds is 6. The van der Waals surface area contributed by atoms with Crippen LogP contribution in [0.2, 0.25) is 0 Å². The minimum absolute atomic E-state index is 0.0490. The number of nitrogens with zero attached hydrogens (tertiary/aromatic N) is 2. The van der Waals surface area contributed by atoms with E-state index in [-0.39, 0.29) is 22.8 Å². The molecule has 0 radical (unpaired) electrons. The standard InChI is InChI=1S/C21H15FN4O4/c22-15-8-9-17(25-21(28)18-6-1-2-11-23-18)19(13-15)24-20(27)10-7-14-4-3-5-16(12-14)26(29)30/h1-13H,(H,24,27)(H,25,28). The van der Waals surface area contributed by atoms with Crippen LogP contribution >= 0.6 is 0 Å². The molecule has 2 N–H and O–H groups in total. The van der Waals surface area contributed by atoms with Crippen molar-refractivity contribution in [3.05, 3.63) is 100 Å². The highest BCUT2D eigenvalue weighted by molar-refractivity contribution is 6.08. The summed E-state index contributed by atoms with van der Waals surface area (Å²) in [5.74, 6) is -1.74. The lowest BCUT2D eigenvalue weighted by atomic mass is 10.2. The summed E-state index contributed by atoms with van der Waals surface area (Å²) in [6, 6.07) is 14.1. The van der Waals surface area contributed by atoms with Gasteiger partial charge in [-0.05, 0) is 42.0 Å². The highest BCUT2D eigenvalue weighted by Crippen LogP contribution is 2.23. The third-order valence-electron chi connectivity index (χ3n) is 3.89. The van der Waals surface area contributed by atoms with Gasteiger partial charge < -0.3 is 10.6 Å². The molecule has 1 aromatic heterocycles. The second-order valence-corrected chi connectivity index (χ2v) is 6.03. The summed E-state index contributed by atoms with van der Waals surface area (Å²) >= 11 is 0. The maximum atomic E-state index is 13.7. The average Bonchev–Trinajstić information content (AvgIpc) is 2.75. The first-order valence-corrected chi connectivity index (χ1v) is 8.68. The number of carbonyl (C=O) groups is 2. The van der Waals surface area contributed by atoms with Gasteiger partial charge in [-0.15, -0.1) is 0 Å². The molecule has 0 bridgehead atoms. The number of benzene rings is 2. The second-order valence-electron chi connectivity index (χ2n) is 6.03. The first-order chi connectivity index (χ1) is 14.4. The molecule has 0 spiro atoms. The Kier molecular flexibility index (Phi) is 6.23. The number of anilines is 2. The molecule has 3 rings (SSSR count). The van der Waals surface area contributed by atoms with Gasteiger partial charge in [-0.3, -0.25) is 24.7 Å². The van der Waals surface area contributed by atoms with Crippen molar-refractivity contribution in [2.45, 2.75) is 0 Å². The molecule has 9 heteroatoms. The lowest BCUT2D eigenvalue weighted by Gasteiger charge is -2.11. The van der Waals surface area contributed by atoms with Gasteiger partial charge in [0.2, 0.25) is 5.91 Å². The maximum Gasteiger partial charge on any atom is 0.274 e. The highest BCUT2D eigenvalue weighted by atomic mass is 19.1. The van der Waals surface area contributed by atoms with Crippen LogP contribution in [-0.4, -0.2) is 21.7 Å². The largest absolute Gasteiger partial charge is 0.321 e. The number of amides is 2.